The molecule has 1 aliphatic rings. The minimum absolute atomic E-state index is 0.0236. The predicted molar refractivity (Wildman–Crippen MR) is 64.1 cm³/mol. The Labute approximate surface area is 104 Å². The van der Waals surface area contributed by atoms with E-state index >= 15 is 0 Å². The predicted octanol–water partition coefficient (Wildman–Crippen LogP) is 1.26. The summed E-state index contributed by atoms with van der Waals surface area (Å²) in [5.41, 5.74) is 0. The van der Waals surface area contributed by atoms with Gasteiger partial charge in [0.2, 0.25) is 0 Å². The molecule has 1 rings (SSSR count). The molecule has 0 radical (unpaired) electrons. The molecule has 0 aromatic rings. The first kappa shape index (κ1) is 13.2. The van der Waals surface area contributed by atoms with Crippen molar-refractivity contribution in [2.24, 2.45) is 11.8 Å². The molecule has 1 aliphatic carbocycles. The number of hydrogen-bond acceptors (Lipinski definition) is 4. The summed E-state index contributed by atoms with van der Waals surface area (Å²) in [6, 6.07) is 0. The Bertz CT molecular complexity index is 200. The van der Waals surface area contributed by atoms with Crippen molar-refractivity contribution in [1.82, 2.24) is 0 Å². The quantitative estimate of drug-likeness (QED) is 0.418. The summed E-state index contributed by atoms with van der Waals surface area (Å²) < 4.78 is 16.6. The van der Waals surface area contributed by atoms with Crippen molar-refractivity contribution >= 4 is 29.1 Å². The van der Waals surface area contributed by atoms with Gasteiger partial charge in [-0.05, 0) is 0 Å². The van der Waals surface area contributed by atoms with E-state index in [1.54, 1.807) is 14.2 Å². The average Bonchev–Trinajstić information content (AvgIpc) is 2.57. The smallest absolute Gasteiger partial charge is 0.293 e. The largest absolute Gasteiger partial charge is 0.464 e. The molecule has 0 N–H and O–H groups in total. The molecule has 0 amide bonds. The molecular formula is C10H17IO4. The number of carbonyl (C=O) groups excluding carboxylic acids is 1. The van der Waals surface area contributed by atoms with Crippen molar-refractivity contribution in [3.63, 3.8) is 0 Å². The summed E-state index contributed by atoms with van der Waals surface area (Å²) in [4.78, 5) is 10.4. The van der Waals surface area contributed by atoms with Gasteiger partial charge in [0, 0.05) is 36.9 Å². The Kier molecular flexibility index (Phi) is 5.84. The molecule has 0 saturated heterocycles. The van der Waals surface area contributed by atoms with E-state index in [2.05, 4.69) is 22.6 Å². The van der Waals surface area contributed by atoms with Crippen LogP contribution in [0.5, 0.6) is 0 Å². The van der Waals surface area contributed by atoms with Crippen molar-refractivity contribution in [3.8, 4) is 0 Å². The minimum Gasteiger partial charge on any atom is -0.464 e. The van der Waals surface area contributed by atoms with Gasteiger partial charge in [-0.1, -0.05) is 22.6 Å². The monoisotopic (exact) mass is 328 g/mol. The third-order valence-corrected chi connectivity index (χ3v) is 4.06. The summed E-state index contributed by atoms with van der Waals surface area (Å²) in [6.07, 6.45) is 0.885. The van der Waals surface area contributed by atoms with E-state index in [-0.39, 0.29) is 12.2 Å². The lowest BCUT2D eigenvalue weighted by molar-refractivity contribution is -0.135. The molecule has 88 valence electrons. The van der Waals surface area contributed by atoms with Crippen LogP contribution in [0.4, 0.5) is 0 Å². The van der Waals surface area contributed by atoms with Crippen LogP contribution >= 0.6 is 22.6 Å². The second-order valence-corrected chi connectivity index (χ2v) is 4.60. The van der Waals surface area contributed by atoms with Gasteiger partial charge < -0.3 is 14.2 Å². The van der Waals surface area contributed by atoms with E-state index in [1.807, 2.05) is 0 Å². The molecule has 4 atom stereocenters. The molecule has 5 heteroatoms. The van der Waals surface area contributed by atoms with Gasteiger partial charge in [-0.15, -0.1) is 0 Å². The highest BCUT2D eigenvalue weighted by atomic mass is 127. The molecule has 0 aliphatic heterocycles. The molecule has 15 heavy (non-hydrogen) atoms. The van der Waals surface area contributed by atoms with Crippen LogP contribution in [0.25, 0.3) is 0 Å². The summed E-state index contributed by atoms with van der Waals surface area (Å²) >= 11 is 2.32. The van der Waals surface area contributed by atoms with E-state index in [9.17, 15) is 4.79 Å². The van der Waals surface area contributed by atoms with Gasteiger partial charge in [-0.2, -0.15) is 0 Å². The van der Waals surface area contributed by atoms with Gasteiger partial charge in [-0.3, -0.25) is 4.79 Å². The van der Waals surface area contributed by atoms with E-state index < -0.39 is 0 Å². The molecule has 0 unspecified atom stereocenters. The van der Waals surface area contributed by atoms with Crippen LogP contribution < -0.4 is 0 Å². The Hall–Kier alpha value is 0.120. The van der Waals surface area contributed by atoms with Crippen molar-refractivity contribution in [1.29, 1.82) is 0 Å². The van der Waals surface area contributed by atoms with Crippen molar-refractivity contribution < 1.29 is 19.0 Å². The molecule has 1 saturated carbocycles. The Morgan fingerprint density at radius 2 is 2.07 bits per heavy atom. The maximum atomic E-state index is 10.4. The van der Waals surface area contributed by atoms with Gasteiger partial charge in [0.25, 0.3) is 6.47 Å². The number of rotatable bonds is 6. The molecule has 4 nitrogen and oxygen atoms in total. The summed E-state index contributed by atoms with van der Waals surface area (Å²) in [6.45, 7) is 1.19. The third kappa shape index (κ3) is 3.04. The topological polar surface area (TPSA) is 44.8 Å². The molecular weight excluding hydrogens is 311 g/mol. The maximum Gasteiger partial charge on any atom is 0.293 e. The van der Waals surface area contributed by atoms with Crippen molar-refractivity contribution in [3.05, 3.63) is 0 Å². The Morgan fingerprint density at radius 1 is 1.33 bits per heavy atom. The number of ether oxygens (including phenoxy) is 3. The third-order valence-electron chi connectivity index (χ3n) is 3.04. The zero-order valence-corrected chi connectivity index (χ0v) is 11.2. The lowest BCUT2D eigenvalue weighted by Gasteiger charge is -2.22. The second kappa shape index (κ2) is 6.65. The lowest BCUT2D eigenvalue weighted by Crippen LogP contribution is -2.29. The van der Waals surface area contributed by atoms with Gasteiger partial charge in [0.15, 0.2) is 0 Å². The highest BCUT2D eigenvalue weighted by molar-refractivity contribution is 14.1. The number of methoxy groups -OCH3 is 2. The number of alkyl halides is 1. The van der Waals surface area contributed by atoms with Crippen molar-refractivity contribution in [2.75, 3.05) is 25.3 Å². The van der Waals surface area contributed by atoms with Gasteiger partial charge >= 0.3 is 0 Å². The number of carbonyl (C=O) groups is 1. The summed E-state index contributed by atoms with van der Waals surface area (Å²) in [5.74, 6) is 0.655. The standard InChI is InChI=1S/C10H17IO4/c1-13-5-8-7(4-11)10(15-6-12)3-9(8)14-2/h6-10H,3-5H2,1-2H3/t7-,8-,9-,10+/m0/s1. The minimum atomic E-state index is -0.0236. The summed E-state index contributed by atoms with van der Waals surface area (Å²) in [7, 11) is 3.38. The van der Waals surface area contributed by atoms with Gasteiger partial charge in [0.1, 0.15) is 6.10 Å². The van der Waals surface area contributed by atoms with Crippen LogP contribution in [0.3, 0.4) is 0 Å². The lowest BCUT2D eigenvalue weighted by atomic mass is 9.96. The Morgan fingerprint density at radius 3 is 2.53 bits per heavy atom. The SMILES string of the molecule is COC[C@H]1[C@H](CI)[C@H](OC=O)C[C@@H]1OC. The highest BCUT2D eigenvalue weighted by Crippen LogP contribution is 2.37. The zero-order valence-electron chi connectivity index (χ0n) is 9.02. The first-order valence-corrected chi connectivity index (χ1v) is 6.47. The van der Waals surface area contributed by atoms with Gasteiger partial charge in [-0.25, -0.2) is 0 Å². The molecule has 1 fully saturated rings. The van der Waals surface area contributed by atoms with Crippen LogP contribution in [-0.2, 0) is 19.0 Å². The van der Waals surface area contributed by atoms with E-state index in [4.69, 9.17) is 14.2 Å². The van der Waals surface area contributed by atoms with E-state index in [1.165, 1.54) is 0 Å². The molecule has 0 spiro atoms. The molecule has 0 aromatic heterocycles. The highest BCUT2D eigenvalue weighted by Gasteiger charge is 2.44. The molecule has 0 aromatic carbocycles. The number of halogens is 1. The van der Waals surface area contributed by atoms with Crippen molar-refractivity contribution in [2.45, 2.75) is 18.6 Å². The molecule has 0 heterocycles. The van der Waals surface area contributed by atoms with Crippen LogP contribution in [-0.4, -0.2) is 43.9 Å². The fraction of sp³-hybridized carbons (Fsp3) is 0.900. The van der Waals surface area contributed by atoms with Crippen LogP contribution in [0, 0.1) is 11.8 Å². The fourth-order valence-corrected chi connectivity index (χ4v) is 3.49. The summed E-state index contributed by atoms with van der Waals surface area (Å²) in [5, 5.41) is 0. The van der Waals surface area contributed by atoms with E-state index in [0.29, 0.717) is 24.9 Å². The normalized spacial score (nSPS) is 35.4. The maximum absolute atomic E-state index is 10.4. The Balaban J connectivity index is 2.67. The van der Waals surface area contributed by atoms with Crippen LogP contribution in [0.1, 0.15) is 6.42 Å². The van der Waals surface area contributed by atoms with E-state index in [0.717, 1.165) is 10.8 Å². The van der Waals surface area contributed by atoms with Gasteiger partial charge in [0.05, 0.1) is 12.7 Å². The first-order chi connectivity index (χ1) is 7.28. The number of hydrogen-bond donors (Lipinski definition) is 0. The van der Waals surface area contributed by atoms with Crippen LogP contribution in [0.15, 0.2) is 0 Å². The fourth-order valence-electron chi connectivity index (χ4n) is 2.27. The average molecular weight is 328 g/mol. The zero-order chi connectivity index (χ0) is 11.3. The molecule has 0 bridgehead atoms. The first-order valence-electron chi connectivity index (χ1n) is 4.95. The van der Waals surface area contributed by atoms with Crippen LogP contribution in [0.2, 0.25) is 0 Å². The second-order valence-electron chi connectivity index (χ2n) is 3.72.